The normalized spacial score (nSPS) is 30.6. The van der Waals surface area contributed by atoms with Crippen molar-refractivity contribution in [1.82, 2.24) is 25.0 Å². The number of fused-ring (bicyclic) bond motifs is 2. The molecule has 1 aromatic rings. The van der Waals surface area contributed by atoms with Gasteiger partial charge in [0.2, 0.25) is 5.91 Å². The molecule has 23 heavy (non-hydrogen) atoms. The fourth-order valence-corrected chi connectivity index (χ4v) is 4.14. The van der Waals surface area contributed by atoms with Gasteiger partial charge in [0.05, 0.1) is 31.8 Å². The molecule has 3 atom stereocenters. The highest BCUT2D eigenvalue weighted by Crippen LogP contribution is 2.28. The Labute approximate surface area is 136 Å². The van der Waals surface area contributed by atoms with Crippen molar-refractivity contribution >= 4 is 5.91 Å². The van der Waals surface area contributed by atoms with Crippen LogP contribution in [0.4, 0.5) is 0 Å². The molecule has 1 amide bonds. The maximum absolute atomic E-state index is 12.7. The summed E-state index contributed by atoms with van der Waals surface area (Å²) in [7, 11) is 0. The van der Waals surface area contributed by atoms with Gasteiger partial charge in [0.15, 0.2) is 0 Å². The molecule has 126 valence electrons. The van der Waals surface area contributed by atoms with E-state index in [-0.39, 0.29) is 12.0 Å². The number of rotatable bonds is 3. The van der Waals surface area contributed by atoms with Crippen LogP contribution in [0.5, 0.6) is 0 Å². The number of amides is 1. The summed E-state index contributed by atoms with van der Waals surface area (Å²) < 4.78 is 7.80. The third-order valence-electron chi connectivity index (χ3n) is 5.40. The molecule has 4 rings (SSSR count). The number of nitrogens with one attached hydrogen (secondary N) is 1. The molecule has 7 nitrogen and oxygen atoms in total. The van der Waals surface area contributed by atoms with Crippen LogP contribution in [0, 0.1) is 0 Å². The number of aromatic nitrogens is 3. The largest absolute Gasteiger partial charge is 0.374 e. The van der Waals surface area contributed by atoms with E-state index in [4.69, 9.17) is 4.74 Å². The molecule has 0 spiro atoms. The molecule has 3 heterocycles. The van der Waals surface area contributed by atoms with E-state index in [1.54, 1.807) is 6.33 Å². The lowest BCUT2D eigenvalue weighted by atomic mass is 9.90. The van der Waals surface area contributed by atoms with Crippen molar-refractivity contribution in [1.29, 1.82) is 0 Å². The molecule has 0 bridgehead atoms. The number of morpholine rings is 1. The molecule has 1 saturated heterocycles. The number of hydrogen-bond donors (Lipinski definition) is 1. The van der Waals surface area contributed by atoms with E-state index in [1.165, 1.54) is 12.8 Å². The van der Waals surface area contributed by atoms with Crippen LogP contribution in [-0.4, -0.2) is 63.5 Å². The third kappa shape index (κ3) is 3.12. The predicted molar refractivity (Wildman–Crippen MR) is 83.8 cm³/mol. The van der Waals surface area contributed by atoms with E-state index < -0.39 is 0 Å². The van der Waals surface area contributed by atoms with Gasteiger partial charge in [0.1, 0.15) is 12.2 Å². The maximum atomic E-state index is 12.7. The Bertz CT molecular complexity index is 558. The monoisotopic (exact) mass is 319 g/mol. The summed E-state index contributed by atoms with van der Waals surface area (Å²) in [6.07, 6.45) is 8.42. The summed E-state index contributed by atoms with van der Waals surface area (Å²) in [5.74, 6) is 1.27. The van der Waals surface area contributed by atoms with E-state index in [9.17, 15) is 4.79 Å². The minimum Gasteiger partial charge on any atom is -0.374 e. The summed E-state index contributed by atoms with van der Waals surface area (Å²) in [6, 6.07) is 0.594. The van der Waals surface area contributed by atoms with Crippen molar-refractivity contribution in [2.45, 2.75) is 63.3 Å². The summed E-state index contributed by atoms with van der Waals surface area (Å²) in [4.78, 5) is 19.0. The van der Waals surface area contributed by atoms with E-state index in [1.807, 2.05) is 4.68 Å². The Hall–Kier alpha value is -1.47. The topological polar surface area (TPSA) is 72.3 Å². The summed E-state index contributed by atoms with van der Waals surface area (Å²) in [5.41, 5.74) is 0. The first kappa shape index (κ1) is 15.1. The molecular formula is C16H25N5O2. The Morgan fingerprint density at radius 1 is 1.35 bits per heavy atom. The van der Waals surface area contributed by atoms with E-state index in [0.717, 1.165) is 44.6 Å². The minimum absolute atomic E-state index is 0.217. The third-order valence-corrected chi connectivity index (χ3v) is 5.40. The van der Waals surface area contributed by atoms with Crippen LogP contribution in [0.25, 0.3) is 0 Å². The van der Waals surface area contributed by atoms with Gasteiger partial charge in [-0.05, 0) is 19.3 Å². The smallest absolute Gasteiger partial charge is 0.236 e. The van der Waals surface area contributed by atoms with Gasteiger partial charge < -0.3 is 15.0 Å². The Morgan fingerprint density at radius 3 is 3.22 bits per heavy atom. The van der Waals surface area contributed by atoms with Crippen LogP contribution in [-0.2, 0) is 22.5 Å². The van der Waals surface area contributed by atoms with Gasteiger partial charge in [0.25, 0.3) is 0 Å². The SMILES string of the molecule is O=C(CN[C@@H]1CCc2ncnn2C1)N1CCO[C@@H]2CCCC[C@H]21. The number of hydrogen-bond acceptors (Lipinski definition) is 5. The molecule has 2 aliphatic heterocycles. The van der Waals surface area contributed by atoms with Crippen molar-refractivity contribution in [3.05, 3.63) is 12.2 Å². The Kier molecular flexibility index (Phi) is 4.31. The minimum atomic E-state index is 0.217. The van der Waals surface area contributed by atoms with E-state index >= 15 is 0 Å². The lowest BCUT2D eigenvalue weighted by molar-refractivity contribution is -0.148. The van der Waals surface area contributed by atoms with Gasteiger partial charge in [-0.25, -0.2) is 9.67 Å². The van der Waals surface area contributed by atoms with E-state index in [2.05, 4.69) is 20.3 Å². The van der Waals surface area contributed by atoms with Crippen molar-refractivity contribution in [3.63, 3.8) is 0 Å². The Balaban J connectivity index is 1.31. The number of ether oxygens (including phenoxy) is 1. The molecule has 1 saturated carbocycles. The molecule has 0 unspecified atom stereocenters. The van der Waals surface area contributed by atoms with Crippen LogP contribution in [0.2, 0.25) is 0 Å². The molecule has 1 aromatic heterocycles. The van der Waals surface area contributed by atoms with Crippen molar-refractivity contribution in [2.75, 3.05) is 19.7 Å². The zero-order chi connectivity index (χ0) is 15.6. The number of carbonyl (C=O) groups excluding carboxylic acids is 1. The van der Waals surface area contributed by atoms with Gasteiger partial charge in [0, 0.05) is 19.0 Å². The van der Waals surface area contributed by atoms with Crippen molar-refractivity contribution in [2.24, 2.45) is 0 Å². The molecule has 0 radical (unpaired) electrons. The predicted octanol–water partition coefficient (Wildman–Crippen LogP) is 0.353. The number of nitrogens with zero attached hydrogens (tertiary/aromatic N) is 4. The van der Waals surface area contributed by atoms with Crippen molar-refractivity contribution < 1.29 is 9.53 Å². The molecule has 1 N–H and O–H groups in total. The highest BCUT2D eigenvalue weighted by atomic mass is 16.5. The molecule has 2 fully saturated rings. The average Bonchev–Trinajstić information content (AvgIpc) is 3.07. The zero-order valence-electron chi connectivity index (χ0n) is 13.5. The highest BCUT2D eigenvalue weighted by molar-refractivity contribution is 5.78. The second kappa shape index (κ2) is 6.57. The number of aryl methyl sites for hydroxylation is 1. The molecule has 7 heteroatoms. The van der Waals surface area contributed by atoms with Crippen LogP contribution in [0.15, 0.2) is 6.33 Å². The average molecular weight is 319 g/mol. The van der Waals surface area contributed by atoms with Gasteiger partial charge in [-0.2, -0.15) is 5.10 Å². The summed E-state index contributed by atoms with van der Waals surface area (Å²) in [6.45, 7) is 2.63. The molecule has 3 aliphatic rings. The first-order valence-corrected chi connectivity index (χ1v) is 8.82. The van der Waals surface area contributed by atoms with Gasteiger partial charge in [-0.1, -0.05) is 12.8 Å². The van der Waals surface area contributed by atoms with Crippen LogP contribution >= 0.6 is 0 Å². The maximum Gasteiger partial charge on any atom is 0.236 e. The fraction of sp³-hybridized carbons (Fsp3) is 0.812. The van der Waals surface area contributed by atoms with Crippen LogP contribution in [0.3, 0.4) is 0 Å². The molecule has 1 aliphatic carbocycles. The number of carbonyl (C=O) groups is 1. The fourth-order valence-electron chi connectivity index (χ4n) is 4.14. The molecular weight excluding hydrogens is 294 g/mol. The second-order valence-electron chi connectivity index (χ2n) is 6.82. The summed E-state index contributed by atoms with van der Waals surface area (Å²) in [5, 5.41) is 7.66. The lowest BCUT2D eigenvalue weighted by Gasteiger charge is -2.44. The van der Waals surface area contributed by atoms with Gasteiger partial charge in [-0.15, -0.1) is 0 Å². The molecule has 0 aromatic carbocycles. The lowest BCUT2D eigenvalue weighted by Crippen LogP contribution is -2.57. The second-order valence-corrected chi connectivity index (χ2v) is 6.82. The highest BCUT2D eigenvalue weighted by Gasteiger charge is 2.36. The Morgan fingerprint density at radius 2 is 2.26 bits per heavy atom. The van der Waals surface area contributed by atoms with Crippen LogP contribution in [0.1, 0.15) is 37.9 Å². The quantitative estimate of drug-likeness (QED) is 0.870. The van der Waals surface area contributed by atoms with Crippen molar-refractivity contribution in [3.8, 4) is 0 Å². The first-order valence-electron chi connectivity index (χ1n) is 8.82. The standard InChI is InChI=1S/C16H25N5O2/c22-16(20-7-8-23-14-4-2-1-3-13(14)20)9-17-12-5-6-15-18-11-19-21(15)10-12/h11-14,17H,1-10H2/t12-,13-,14-/m1/s1. The van der Waals surface area contributed by atoms with E-state index in [0.29, 0.717) is 25.2 Å². The summed E-state index contributed by atoms with van der Waals surface area (Å²) >= 11 is 0. The van der Waals surface area contributed by atoms with Gasteiger partial charge >= 0.3 is 0 Å². The first-order chi connectivity index (χ1) is 11.3. The van der Waals surface area contributed by atoms with Gasteiger partial charge in [-0.3, -0.25) is 4.79 Å². The van der Waals surface area contributed by atoms with Crippen LogP contribution < -0.4 is 5.32 Å². The zero-order valence-corrected chi connectivity index (χ0v) is 13.5.